The van der Waals surface area contributed by atoms with Crippen molar-refractivity contribution in [1.29, 1.82) is 0 Å². The summed E-state index contributed by atoms with van der Waals surface area (Å²) in [5.74, 6) is -0.401. The first kappa shape index (κ1) is 17.7. The monoisotopic (exact) mass is 373 g/mol. The number of nitrogens with one attached hydrogen (secondary N) is 1. The Hall–Kier alpha value is -3.67. The fourth-order valence-corrected chi connectivity index (χ4v) is 3.33. The molecule has 6 heteroatoms. The molecule has 6 nitrogen and oxygen atoms in total. The van der Waals surface area contributed by atoms with Crippen LogP contribution in [-0.4, -0.2) is 20.4 Å². The average molecular weight is 373 g/mol. The van der Waals surface area contributed by atoms with Gasteiger partial charge in [0.2, 0.25) is 5.88 Å². The largest absolute Gasteiger partial charge is 0.494 e. The highest BCUT2D eigenvalue weighted by Gasteiger charge is 2.20. The summed E-state index contributed by atoms with van der Waals surface area (Å²) in [4.78, 5) is 31.7. The second kappa shape index (κ2) is 6.49. The van der Waals surface area contributed by atoms with Gasteiger partial charge in [-0.05, 0) is 56.2 Å². The molecule has 0 saturated heterocycles. The lowest BCUT2D eigenvalue weighted by Crippen LogP contribution is -2.30. The second-order valence-corrected chi connectivity index (χ2v) is 6.87. The summed E-state index contributed by atoms with van der Waals surface area (Å²) in [6, 6.07) is 13.0. The Morgan fingerprint density at radius 3 is 2.54 bits per heavy atom. The SMILES string of the molecule is CC1=Nc2ccccc2C1=Cc1c(O)n(-c2ccc(C)c(C)c2)c(=O)[nH]c1=O. The minimum atomic E-state index is -0.690. The van der Waals surface area contributed by atoms with E-state index in [0.717, 1.165) is 38.2 Å². The summed E-state index contributed by atoms with van der Waals surface area (Å²) < 4.78 is 1.10. The van der Waals surface area contributed by atoms with Crippen molar-refractivity contribution < 1.29 is 5.11 Å². The number of aromatic hydroxyl groups is 1. The van der Waals surface area contributed by atoms with Crippen molar-refractivity contribution in [1.82, 2.24) is 9.55 Å². The molecular formula is C22H19N3O3. The summed E-state index contributed by atoms with van der Waals surface area (Å²) in [7, 11) is 0. The molecule has 0 bridgehead atoms. The number of rotatable bonds is 2. The van der Waals surface area contributed by atoms with E-state index < -0.39 is 17.1 Å². The van der Waals surface area contributed by atoms with Crippen molar-refractivity contribution in [2.24, 2.45) is 4.99 Å². The molecule has 4 rings (SSSR count). The van der Waals surface area contributed by atoms with Gasteiger partial charge in [-0.3, -0.25) is 14.8 Å². The van der Waals surface area contributed by atoms with E-state index in [2.05, 4.69) is 9.98 Å². The number of aromatic nitrogens is 2. The summed E-state index contributed by atoms with van der Waals surface area (Å²) >= 11 is 0. The van der Waals surface area contributed by atoms with Gasteiger partial charge in [-0.2, -0.15) is 0 Å². The van der Waals surface area contributed by atoms with Crippen LogP contribution in [0.5, 0.6) is 5.88 Å². The molecule has 2 aromatic carbocycles. The van der Waals surface area contributed by atoms with Gasteiger partial charge in [0.05, 0.1) is 11.4 Å². The van der Waals surface area contributed by atoms with E-state index >= 15 is 0 Å². The number of aryl methyl sites for hydroxylation is 2. The number of para-hydroxylation sites is 1. The predicted octanol–water partition coefficient (Wildman–Crippen LogP) is 3.49. The molecule has 0 fully saturated rings. The Kier molecular flexibility index (Phi) is 4.11. The van der Waals surface area contributed by atoms with Gasteiger partial charge in [0.1, 0.15) is 5.56 Å². The average Bonchev–Trinajstić information content (AvgIpc) is 2.96. The quantitative estimate of drug-likeness (QED) is 0.721. The molecule has 0 aliphatic carbocycles. The maximum absolute atomic E-state index is 12.5. The van der Waals surface area contributed by atoms with Crippen molar-refractivity contribution in [2.45, 2.75) is 20.8 Å². The first-order valence-corrected chi connectivity index (χ1v) is 8.89. The molecule has 2 N–H and O–H groups in total. The number of fused-ring (bicyclic) bond motifs is 1. The fraction of sp³-hybridized carbons (Fsp3) is 0.136. The number of H-pyrrole nitrogens is 1. The van der Waals surface area contributed by atoms with Crippen LogP contribution < -0.4 is 11.2 Å². The van der Waals surface area contributed by atoms with Crippen molar-refractivity contribution in [3.8, 4) is 11.6 Å². The first-order chi connectivity index (χ1) is 13.4. The van der Waals surface area contributed by atoms with Crippen molar-refractivity contribution in [2.75, 3.05) is 0 Å². The van der Waals surface area contributed by atoms with Gasteiger partial charge < -0.3 is 5.11 Å². The standard InChI is InChI=1S/C22H19N3O3/c1-12-8-9-15(10-13(12)2)25-21(27)18(20(26)24-22(25)28)11-17-14(3)23-19-7-5-4-6-16(17)19/h4-11,27H,1-3H3,(H,24,26,28). The van der Waals surface area contributed by atoms with Crippen LogP contribution in [0.4, 0.5) is 5.69 Å². The molecule has 2 heterocycles. The van der Waals surface area contributed by atoms with E-state index in [1.54, 1.807) is 18.2 Å². The molecule has 0 saturated carbocycles. The molecule has 0 amide bonds. The Morgan fingerprint density at radius 2 is 1.79 bits per heavy atom. The van der Waals surface area contributed by atoms with Gasteiger partial charge in [0.15, 0.2) is 0 Å². The van der Waals surface area contributed by atoms with Crippen LogP contribution >= 0.6 is 0 Å². The number of hydrogen-bond donors (Lipinski definition) is 2. The Balaban J connectivity index is 1.95. The van der Waals surface area contributed by atoms with E-state index in [1.165, 1.54) is 0 Å². The van der Waals surface area contributed by atoms with Crippen LogP contribution in [-0.2, 0) is 0 Å². The lowest BCUT2D eigenvalue weighted by atomic mass is 10.0. The number of benzene rings is 2. The predicted molar refractivity (Wildman–Crippen MR) is 111 cm³/mol. The lowest BCUT2D eigenvalue weighted by Gasteiger charge is -2.12. The zero-order valence-corrected chi connectivity index (χ0v) is 15.8. The van der Waals surface area contributed by atoms with E-state index in [4.69, 9.17) is 0 Å². The second-order valence-electron chi connectivity index (χ2n) is 6.87. The van der Waals surface area contributed by atoms with E-state index in [-0.39, 0.29) is 5.56 Å². The van der Waals surface area contributed by atoms with Gasteiger partial charge in [0, 0.05) is 16.8 Å². The number of allylic oxidation sites excluding steroid dienone is 1. The van der Waals surface area contributed by atoms with E-state index in [1.807, 2.05) is 51.1 Å². The third-order valence-electron chi connectivity index (χ3n) is 5.03. The van der Waals surface area contributed by atoms with Crippen LogP contribution in [0.15, 0.2) is 57.0 Å². The van der Waals surface area contributed by atoms with Crippen LogP contribution in [0.1, 0.15) is 29.2 Å². The topological polar surface area (TPSA) is 87.4 Å². The van der Waals surface area contributed by atoms with E-state index in [9.17, 15) is 14.7 Å². The van der Waals surface area contributed by atoms with Crippen LogP contribution in [0, 0.1) is 13.8 Å². The third kappa shape index (κ3) is 2.79. The first-order valence-electron chi connectivity index (χ1n) is 8.89. The fourth-order valence-electron chi connectivity index (χ4n) is 3.33. The van der Waals surface area contributed by atoms with E-state index in [0.29, 0.717) is 5.69 Å². The molecule has 1 aliphatic rings. The maximum Gasteiger partial charge on any atom is 0.335 e. The van der Waals surface area contributed by atoms with Gasteiger partial charge in [-0.15, -0.1) is 0 Å². The molecule has 0 spiro atoms. The van der Waals surface area contributed by atoms with Crippen LogP contribution in [0.25, 0.3) is 17.3 Å². The summed E-state index contributed by atoms with van der Waals surface area (Å²) in [6.45, 7) is 5.73. The van der Waals surface area contributed by atoms with Gasteiger partial charge in [-0.1, -0.05) is 24.3 Å². The molecule has 3 aromatic rings. The minimum Gasteiger partial charge on any atom is -0.494 e. The number of aliphatic imine (C=N–C) groups is 1. The Morgan fingerprint density at radius 1 is 1.04 bits per heavy atom. The highest BCUT2D eigenvalue weighted by molar-refractivity contribution is 6.31. The molecule has 28 heavy (non-hydrogen) atoms. The molecule has 0 radical (unpaired) electrons. The number of hydrogen-bond acceptors (Lipinski definition) is 4. The molecule has 0 atom stereocenters. The maximum atomic E-state index is 12.5. The van der Waals surface area contributed by atoms with Crippen molar-refractivity contribution in [3.63, 3.8) is 0 Å². The minimum absolute atomic E-state index is 0.0130. The Bertz CT molecular complexity index is 1290. The smallest absolute Gasteiger partial charge is 0.335 e. The summed E-state index contributed by atoms with van der Waals surface area (Å²) in [5, 5.41) is 10.8. The van der Waals surface area contributed by atoms with Gasteiger partial charge in [-0.25, -0.2) is 9.36 Å². The number of nitrogens with zero attached hydrogens (tertiary/aromatic N) is 2. The molecule has 1 aromatic heterocycles. The zero-order chi connectivity index (χ0) is 20.0. The normalized spacial score (nSPS) is 14.2. The van der Waals surface area contributed by atoms with Crippen molar-refractivity contribution in [3.05, 3.63) is 85.6 Å². The lowest BCUT2D eigenvalue weighted by molar-refractivity contribution is 0.429. The Labute approximate surface area is 161 Å². The highest BCUT2D eigenvalue weighted by atomic mass is 16.3. The van der Waals surface area contributed by atoms with Gasteiger partial charge >= 0.3 is 5.69 Å². The molecular weight excluding hydrogens is 354 g/mol. The van der Waals surface area contributed by atoms with Crippen LogP contribution in [0.2, 0.25) is 0 Å². The highest BCUT2D eigenvalue weighted by Crippen LogP contribution is 2.36. The molecule has 1 aliphatic heterocycles. The summed E-state index contributed by atoms with van der Waals surface area (Å²) in [6.07, 6.45) is 1.58. The molecule has 140 valence electrons. The van der Waals surface area contributed by atoms with Crippen molar-refractivity contribution >= 4 is 23.0 Å². The number of aromatic amines is 1. The van der Waals surface area contributed by atoms with Gasteiger partial charge in [0.25, 0.3) is 5.56 Å². The molecule has 0 unspecified atom stereocenters. The van der Waals surface area contributed by atoms with Crippen LogP contribution in [0.3, 0.4) is 0 Å². The zero-order valence-electron chi connectivity index (χ0n) is 15.8. The summed E-state index contributed by atoms with van der Waals surface area (Å²) in [5.41, 5.74) is 4.37. The third-order valence-corrected chi connectivity index (χ3v) is 5.03.